The first-order chi connectivity index (χ1) is 16.9. The molecule has 3 N–H and O–H groups in total. The standard InChI is InChI=1S/C26H21ClFN5O2/c1-33-13-18(11-23(33)26(35)30-22(14-34)16-7-8-21(28)20(27)10-16)24-19-9-17(12-29-25(19)32-31-24)15-5-3-2-4-6-15/h2-13,22,34H,14H2,1H3,(H,30,35)(H,29,31,32)/t22-/m1/s1. The fourth-order valence-corrected chi connectivity index (χ4v) is 4.22. The van der Waals surface area contributed by atoms with E-state index in [0.717, 1.165) is 27.8 Å². The van der Waals surface area contributed by atoms with Crippen LogP contribution in [0.5, 0.6) is 0 Å². The number of hydrogen-bond donors (Lipinski definition) is 3. The molecule has 0 fully saturated rings. The summed E-state index contributed by atoms with van der Waals surface area (Å²) >= 11 is 5.86. The maximum Gasteiger partial charge on any atom is 0.268 e. The number of H-pyrrole nitrogens is 1. The number of aromatic nitrogens is 4. The summed E-state index contributed by atoms with van der Waals surface area (Å²) in [6.45, 7) is -0.371. The second kappa shape index (κ2) is 9.32. The summed E-state index contributed by atoms with van der Waals surface area (Å²) in [4.78, 5) is 17.5. The molecule has 1 amide bonds. The van der Waals surface area contributed by atoms with Gasteiger partial charge >= 0.3 is 0 Å². The van der Waals surface area contributed by atoms with E-state index in [1.807, 2.05) is 42.6 Å². The summed E-state index contributed by atoms with van der Waals surface area (Å²) < 4.78 is 15.2. The Morgan fingerprint density at radius 3 is 2.69 bits per heavy atom. The van der Waals surface area contributed by atoms with Crippen molar-refractivity contribution in [3.05, 3.63) is 95.2 Å². The van der Waals surface area contributed by atoms with Crippen molar-refractivity contribution in [1.29, 1.82) is 0 Å². The molecular formula is C26H21ClFN5O2. The number of benzene rings is 2. The highest BCUT2D eigenvalue weighted by molar-refractivity contribution is 6.30. The Morgan fingerprint density at radius 1 is 1.14 bits per heavy atom. The molecule has 9 heteroatoms. The fraction of sp³-hybridized carbons (Fsp3) is 0.115. The Balaban J connectivity index is 1.45. The molecular weight excluding hydrogens is 469 g/mol. The number of aryl methyl sites for hydroxylation is 1. The van der Waals surface area contributed by atoms with Crippen LogP contribution in [0.4, 0.5) is 4.39 Å². The van der Waals surface area contributed by atoms with Gasteiger partial charge in [-0.1, -0.05) is 48.0 Å². The predicted molar refractivity (Wildman–Crippen MR) is 132 cm³/mol. The molecule has 176 valence electrons. The molecule has 1 atom stereocenters. The molecule has 2 aromatic carbocycles. The third-order valence-electron chi connectivity index (χ3n) is 5.88. The van der Waals surface area contributed by atoms with Crippen LogP contribution in [0.25, 0.3) is 33.4 Å². The zero-order valence-electron chi connectivity index (χ0n) is 18.7. The van der Waals surface area contributed by atoms with E-state index in [0.29, 0.717) is 16.9 Å². The van der Waals surface area contributed by atoms with Crippen LogP contribution in [-0.2, 0) is 7.05 Å². The van der Waals surface area contributed by atoms with E-state index in [1.165, 1.54) is 18.2 Å². The van der Waals surface area contributed by atoms with Gasteiger partial charge in [0.2, 0.25) is 0 Å². The molecule has 0 aliphatic heterocycles. The van der Waals surface area contributed by atoms with Gasteiger partial charge in [-0.05, 0) is 35.4 Å². The Morgan fingerprint density at radius 2 is 1.94 bits per heavy atom. The van der Waals surface area contributed by atoms with Crippen LogP contribution >= 0.6 is 11.6 Å². The van der Waals surface area contributed by atoms with E-state index in [4.69, 9.17) is 11.6 Å². The maximum atomic E-state index is 13.5. The van der Waals surface area contributed by atoms with Crippen LogP contribution < -0.4 is 5.32 Å². The number of rotatable bonds is 6. The number of fused-ring (bicyclic) bond motifs is 1. The molecule has 0 saturated carbocycles. The third kappa shape index (κ3) is 4.41. The van der Waals surface area contributed by atoms with Gasteiger partial charge in [-0.3, -0.25) is 9.89 Å². The van der Waals surface area contributed by atoms with Crippen molar-refractivity contribution in [2.45, 2.75) is 6.04 Å². The molecule has 0 radical (unpaired) electrons. The number of halogens is 2. The first-order valence-corrected chi connectivity index (χ1v) is 11.3. The van der Waals surface area contributed by atoms with Crippen molar-refractivity contribution < 1.29 is 14.3 Å². The largest absolute Gasteiger partial charge is 0.394 e. The summed E-state index contributed by atoms with van der Waals surface area (Å²) in [5.74, 6) is -0.965. The lowest BCUT2D eigenvalue weighted by molar-refractivity contribution is 0.0908. The van der Waals surface area contributed by atoms with Crippen molar-refractivity contribution in [3.63, 3.8) is 0 Å². The van der Waals surface area contributed by atoms with Crippen LogP contribution in [0.2, 0.25) is 5.02 Å². The molecule has 7 nitrogen and oxygen atoms in total. The monoisotopic (exact) mass is 489 g/mol. The first-order valence-electron chi connectivity index (χ1n) is 10.9. The fourth-order valence-electron chi connectivity index (χ4n) is 4.03. The summed E-state index contributed by atoms with van der Waals surface area (Å²) in [6, 6.07) is 17.0. The lowest BCUT2D eigenvalue weighted by atomic mass is 10.1. The number of pyridine rings is 1. The molecule has 0 aliphatic rings. The molecule has 3 heterocycles. The van der Waals surface area contributed by atoms with E-state index in [-0.39, 0.29) is 11.6 Å². The number of nitrogens with zero attached hydrogens (tertiary/aromatic N) is 3. The highest BCUT2D eigenvalue weighted by Crippen LogP contribution is 2.30. The van der Waals surface area contributed by atoms with Crippen LogP contribution in [0.3, 0.4) is 0 Å². The summed E-state index contributed by atoms with van der Waals surface area (Å²) in [7, 11) is 1.76. The van der Waals surface area contributed by atoms with E-state index < -0.39 is 17.8 Å². The van der Waals surface area contributed by atoms with Crippen LogP contribution in [0.15, 0.2) is 73.1 Å². The minimum atomic E-state index is -0.746. The average molecular weight is 490 g/mol. The van der Waals surface area contributed by atoms with Gasteiger partial charge in [-0.25, -0.2) is 9.37 Å². The number of hydrogen-bond acceptors (Lipinski definition) is 4. The van der Waals surface area contributed by atoms with Gasteiger partial charge < -0.3 is 15.0 Å². The minimum absolute atomic E-state index is 0.0778. The molecule has 35 heavy (non-hydrogen) atoms. The number of nitrogens with one attached hydrogen (secondary N) is 2. The zero-order valence-corrected chi connectivity index (χ0v) is 19.4. The Hall–Kier alpha value is -4.01. The normalized spacial score (nSPS) is 12.1. The van der Waals surface area contributed by atoms with Gasteiger partial charge in [0.25, 0.3) is 5.91 Å². The van der Waals surface area contributed by atoms with Crippen LogP contribution in [0.1, 0.15) is 22.1 Å². The number of carbonyl (C=O) groups is 1. The zero-order chi connectivity index (χ0) is 24.5. The van der Waals surface area contributed by atoms with Crippen molar-refractivity contribution in [2.75, 3.05) is 6.61 Å². The Kier molecular flexibility index (Phi) is 6.07. The maximum absolute atomic E-state index is 13.5. The van der Waals surface area contributed by atoms with Crippen molar-refractivity contribution in [2.24, 2.45) is 7.05 Å². The van der Waals surface area contributed by atoms with Crippen LogP contribution in [0, 0.1) is 5.82 Å². The van der Waals surface area contributed by atoms with Crippen molar-refractivity contribution >= 4 is 28.5 Å². The third-order valence-corrected chi connectivity index (χ3v) is 6.17. The summed E-state index contributed by atoms with van der Waals surface area (Å²) in [6.07, 6.45) is 3.60. The molecule has 5 aromatic rings. The highest BCUT2D eigenvalue weighted by Gasteiger charge is 2.20. The summed E-state index contributed by atoms with van der Waals surface area (Å²) in [5, 5.41) is 20.7. The average Bonchev–Trinajstić information content (AvgIpc) is 3.47. The number of aliphatic hydroxyl groups is 1. The number of aliphatic hydroxyl groups excluding tert-OH is 1. The highest BCUT2D eigenvalue weighted by atomic mass is 35.5. The van der Waals surface area contributed by atoms with E-state index >= 15 is 0 Å². The molecule has 3 aromatic heterocycles. The molecule has 0 saturated heterocycles. The molecule has 0 aliphatic carbocycles. The Bertz CT molecular complexity index is 1530. The first kappa shape index (κ1) is 22.8. The lowest BCUT2D eigenvalue weighted by Crippen LogP contribution is -2.31. The number of aromatic amines is 1. The minimum Gasteiger partial charge on any atom is -0.394 e. The molecule has 0 unspecified atom stereocenters. The Labute approximate surface area is 205 Å². The SMILES string of the molecule is Cn1cc(-c2[nH]nc3ncc(-c4ccccc4)cc23)cc1C(=O)N[C@H](CO)c1ccc(F)c(Cl)c1. The summed E-state index contributed by atoms with van der Waals surface area (Å²) in [5.41, 5.74) is 4.95. The lowest BCUT2D eigenvalue weighted by Gasteiger charge is -2.17. The second-order valence-electron chi connectivity index (χ2n) is 8.17. The predicted octanol–water partition coefficient (Wildman–Crippen LogP) is 4.89. The second-order valence-corrected chi connectivity index (χ2v) is 8.57. The van der Waals surface area contributed by atoms with Gasteiger partial charge in [0, 0.05) is 36.0 Å². The number of carbonyl (C=O) groups excluding carboxylic acids is 1. The van der Waals surface area contributed by atoms with Crippen molar-refractivity contribution in [3.8, 4) is 22.4 Å². The van der Waals surface area contributed by atoms with Gasteiger partial charge in [-0.2, -0.15) is 5.10 Å². The molecule has 5 rings (SSSR count). The smallest absolute Gasteiger partial charge is 0.268 e. The molecule has 0 spiro atoms. The van der Waals surface area contributed by atoms with Gasteiger partial charge in [-0.15, -0.1) is 0 Å². The quantitative estimate of drug-likeness (QED) is 0.316. The van der Waals surface area contributed by atoms with Gasteiger partial charge in [0.05, 0.1) is 23.4 Å². The van der Waals surface area contributed by atoms with E-state index in [9.17, 15) is 14.3 Å². The van der Waals surface area contributed by atoms with Crippen LogP contribution in [-0.4, -0.2) is 37.4 Å². The van der Waals surface area contributed by atoms with Crippen molar-refractivity contribution in [1.82, 2.24) is 25.1 Å². The van der Waals surface area contributed by atoms with Gasteiger partial charge in [0.1, 0.15) is 11.5 Å². The topological polar surface area (TPSA) is 95.8 Å². The van der Waals surface area contributed by atoms with Gasteiger partial charge in [0.15, 0.2) is 5.65 Å². The number of amides is 1. The molecule has 0 bridgehead atoms. The van der Waals surface area contributed by atoms with E-state index in [2.05, 4.69) is 20.5 Å². The van der Waals surface area contributed by atoms with E-state index in [1.54, 1.807) is 23.9 Å².